The third kappa shape index (κ3) is 2.41. The molecule has 6 heteroatoms. The zero-order valence-electron chi connectivity index (χ0n) is 10.4. The molecule has 4 nitrogen and oxygen atoms in total. The van der Waals surface area contributed by atoms with E-state index in [1.807, 2.05) is 20.0 Å². The van der Waals surface area contributed by atoms with Crippen LogP contribution in [0.4, 0.5) is 5.69 Å². The summed E-state index contributed by atoms with van der Waals surface area (Å²) in [5, 5.41) is 5.91. The molecule has 2 rings (SSSR count). The van der Waals surface area contributed by atoms with Crippen LogP contribution in [0.1, 0.15) is 13.3 Å². The molecule has 0 amide bonds. The second-order valence-electron chi connectivity index (χ2n) is 4.55. The maximum atomic E-state index is 12.5. The Balaban J connectivity index is 2.43. The van der Waals surface area contributed by atoms with Crippen LogP contribution in [0.3, 0.4) is 0 Å². The van der Waals surface area contributed by atoms with Gasteiger partial charge in [-0.25, -0.2) is 8.42 Å². The lowest BCUT2D eigenvalue weighted by molar-refractivity contribution is 0.540. The van der Waals surface area contributed by atoms with Crippen LogP contribution in [-0.4, -0.2) is 33.3 Å². The summed E-state index contributed by atoms with van der Waals surface area (Å²) < 4.78 is 26.0. The molecule has 2 N–H and O–H groups in total. The molecule has 0 saturated heterocycles. The van der Waals surface area contributed by atoms with E-state index in [-0.39, 0.29) is 11.3 Å². The Bertz CT molecular complexity index is 545. The van der Waals surface area contributed by atoms with Gasteiger partial charge in [-0.2, -0.15) is 0 Å². The minimum atomic E-state index is -3.24. The van der Waals surface area contributed by atoms with Gasteiger partial charge in [0.25, 0.3) is 0 Å². The van der Waals surface area contributed by atoms with Crippen LogP contribution < -0.4 is 10.6 Å². The van der Waals surface area contributed by atoms with Crippen molar-refractivity contribution in [3.63, 3.8) is 0 Å². The van der Waals surface area contributed by atoms with Crippen molar-refractivity contribution < 1.29 is 8.42 Å². The minimum absolute atomic E-state index is 0.0786. The molecule has 0 aromatic heterocycles. The first-order chi connectivity index (χ1) is 8.46. The molecule has 1 aliphatic rings. The van der Waals surface area contributed by atoms with E-state index in [1.54, 1.807) is 12.1 Å². The first-order valence-electron chi connectivity index (χ1n) is 5.91. The van der Waals surface area contributed by atoms with Crippen LogP contribution in [0.5, 0.6) is 0 Å². The molecule has 0 radical (unpaired) electrons. The number of nitrogens with one attached hydrogen (secondary N) is 2. The number of hydrogen-bond donors (Lipinski definition) is 2. The molecule has 2 atom stereocenters. The summed E-state index contributed by atoms with van der Waals surface area (Å²) in [6.45, 7) is 2.61. The Morgan fingerprint density at radius 1 is 1.44 bits per heavy atom. The van der Waals surface area contributed by atoms with E-state index in [2.05, 4.69) is 26.6 Å². The van der Waals surface area contributed by atoms with Crippen LogP contribution in [0.25, 0.3) is 0 Å². The molecule has 0 aliphatic carbocycles. The number of fused-ring (bicyclic) bond motifs is 1. The van der Waals surface area contributed by atoms with Gasteiger partial charge in [-0.05, 0) is 45.1 Å². The second kappa shape index (κ2) is 5.19. The van der Waals surface area contributed by atoms with Gasteiger partial charge >= 0.3 is 0 Å². The van der Waals surface area contributed by atoms with Gasteiger partial charge in [-0.3, -0.25) is 0 Å². The van der Waals surface area contributed by atoms with Gasteiger partial charge < -0.3 is 10.6 Å². The molecule has 2 unspecified atom stereocenters. The van der Waals surface area contributed by atoms with E-state index >= 15 is 0 Å². The highest BCUT2D eigenvalue weighted by Gasteiger charge is 2.37. The summed E-state index contributed by atoms with van der Waals surface area (Å²) in [4.78, 5) is 0.407. The van der Waals surface area contributed by atoms with E-state index in [0.29, 0.717) is 23.5 Å². The molecule has 18 heavy (non-hydrogen) atoms. The Labute approximate surface area is 116 Å². The van der Waals surface area contributed by atoms with E-state index < -0.39 is 9.84 Å². The molecule has 0 bridgehead atoms. The lowest BCUT2D eigenvalue weighted by atomic mass is 10.1. The van der Waals surface area contributed by atoms with Crippen molar-refractivity contribution in [1.29, 1.82) is 0 Å². The Morgan fingerprint density at radius 2 is 2.17 bits per heavy atom. The summed E-state index contributed by atoms with van der Waals surface area (Å²) in [6, 6.07) is 5.17. The van der Waals surface area contributed by atoms with Gasteiger partial charge in [0.1, 0.15) is 0 Å². The molecule has 1 aromatic rings. The van der Waals surface area contributed by atoms with Crippen LogP contribution >= 0.6 is 15.9 Å². The zero-order valence-corrected chi connectivity index (χ0v) is 12.8. The maximum Gasteiger partial charge on any atom is 0.185 e. The summed E-state index contributed by atoms with van der Waals surface area (Å²) in [7, 11) is -1.41. The fraction of sp³-hybridized carbons (Fsp3) is 0.500. The third-order valence-electron chi connectivity index (χ3n) is 3.27. The molecule has 100 valence electrons. The van der Waals surface area contributed by atoms with Crippen molar-refractivity contribution in [2.75, 3.05) is 18.9 Å². The van der Waals surface area contributed by atoms with Crippen molar-refractivity contribution in [3.05, 3.63) is 22.7 Å². The molecular weight excluding hydrogens is 316 g/mol. The van der Waals surface area contributed by atoms with Crippen molar-refractivity contribution in [1.82, 2.24) is 5.32 Å². The van der Waals surface area contributed by atoms with Crippen LogP contribution in [-0.2, 0) is 9.84 Å². The van der Waals surface area contributed by atoms with E-state index in [1.165, 1.54) is 0 Å². The second-order valence-corrected chi connectivity index (χ2v) is 7.60. The standard InChI is InChI=1S/C12H17BrN2O2S/c1-8-11(5-6-14-2)18(16,17)12-4-3-9(13)7-10(12)15-8/h3-4,7-8,11,14-15H,5-6H2,1-2H3. The molecule has 0 spiro atoms. The lowest BCUT2D eigenvalue weighted by Gasteiger charge is -2.32. The average molecular weight is 333 g/mol. The predicted molar refractivity (Wildman–Crippen MR) is 76.7 cm³/mol. The molecule has 0 saturated carbocycles. The lowest BCUT2D eigenvalue weighted by Crippen LogP contribution is -2.43. The summed E-state index contributed by atoms with van der Waals surface area (Å²) in [6.07, 6.45) is 0.614. The first kappa shape index (κ1) is 13.8. The topological polar surface area (TPSA) is 58.2 Å². The summed E-state index contributed by atoms with van der Waals surface area (Å²) in [5.41, 5.74) is 0.692. The van der Waals surface area contributed by atoms with E-state index in [4.69, 9.17) is 0 Å². The van der Waals surface area contributed by atoms with E-state index in [9.17, 15) is 8.42 Å². The van der Waals surface area contributed by atoms with Crippen LogP contribution in [0, 0.1) is 0 Å². The van der Waals surface area contributed by atoms with E-state index in [0.717, 1.165) is 4.47 Å². The highest BCUT2D eigenvalue weighted by atomic mass is 79.9. The maximum absolute atomic E-state index is 12.5. The SMILES string of the molecule is CNCCC1C(C)Nc2cc(Br)ccc2S1(=O)=O. The number of hydrogen-bond acceptors (Lipinski definition) is 4. The van der Waals surface area contributed by atoms with Gasteiger partial charge in [0.05, 0.1) is 15.8 Å². The highest BCUT2D eigenvalue weighted by Crippen LogP contribution is 2.35. The number of sulfone groups is 1. The Morgan fingerprint density at radius 3 is 2.83 bits per heavy atom. The highest BCUT2D eigenvalue weighted by molar-refractivity contribution is 9.10. The van der Waals surface area contributed by atoms with Crippen LogP contribution in [0.15, 0.2) is 27.6 Å². The molecule has 1 aromatic carbocycles. The third-order valence-corrected chi connectivity index (χ3v) is 6.17. The number of benzene rings is 1. The van der Waals surface area contributed by atoms with Crippen molar-refractivity contribution in [2.45, 2.75) is 29.5 Å². The first-order valence-corrected chi connectivity index (χ1v) is 8.25. The smallest absolute Gasteiger partial charge is 0.185 e. The zero-order chi connectivity index (χ0) is 13.3. The normalized spacial score (nSPS) is 25.3. The van der Waals surface area contributed by atoms with Crippen molar-refractivity contribution in [3.8, 4) is 0 Å². The molecule has 0 fully saturated rings. The Hall–Kier alpha value is -0.590. The van der Waals surface area contributed by atoms with Gasteiger partial charge in [0.2, 0.25) is 0 Å². The van der Waals surface area contributed by atoms with Crippen molar-refractivity contribution in [2.24, 2.45) is 0 Å². The largest absolute Gasteiger partial charge is 0.380 e. The van der Waals surface area contributed by atoms with Crippen molar-refractivity contribution >= 4 is 31.5 Å². The predicted octanol–water partition coefficient (Wildman–Crippen LogP) is 2.01. The monoisotopic (exact) mass is 332 g/mol. The molecule has 1 aliphatic heterocycles. The van der Waals surface area contributed by atoms with Crippen LogP contribution in [0.2, 0.25) is 0 Å². The number of halogens is 1. The fourth-order valence-corrected chi connectivity index (χ4v) is 4.73. The van der Waals surface area contributed by atoms with Gasteiger partial charge in [-0.1, -0.05) is 15.9 Å². The minimum Gasteiger partial charge on any atom is -0.380 e. The fourth-order valence-electron chi connectivity index (χ4n) is 2.32. The average Bonchev–Trinajstić information content (AvgIpc) is 2.27. The molecule has 1 heterocycles. The van der Waals surface area contributed by atoms with Gasteiger partial charge in [0.15, 0.2) is 9.84 Å². The van der Waals surface area contributed by atoms with Gasteiger partial charge in [0, 0.05) is 10.5 Å². The molecular formula is C12H17BrN2O2S. The quantitative estimate of drug-likeness (QED) is 0.889. The van der Waals surface area contributed by atoms with Gasteiger partial charge in [-0.15, -0.1) is 0 Å². The number of anilines is 1. The summed E-state index contributed by atoms with van der Waals surface area (Å²) in [5.74, 6) is 0. The Kier molecular flexibility index (Phi) is 3.99. The number of rotatable bonds is 3. The summed E-state index contributed by atoms with van der Waals surface area (Å²) >= 11 is 3.36.